The highest BCUT2D eigenvalue weighted by molar-refractivity contribution is 8.00. The summed E-state index contributed by atoms with van der Waals surface area (Å²) in [6.45, 7) is 10.3. The highest BCUT2D eigenvalue weighted by atomic mass is 32.2. The van der Waals surface area contributed by atoms with Crippen molar-refractivity contribution in [3.8, 4) is 0 Å². The standard InChI is InChI=1S/C20H23N5OS3/c1-5-10-25-17(12-27-16-8-6-13(2)7-9-16)23-24-20(25)29-15(4)18(26)22-19-21-14(3)11-28-19/h5-9,11,15H,1,10,12H2,2-4H3,(H,21,22,26). The van der Waals surface area contributed by atoms with Crippen LogP contribution in [0.5, 0.6) is 0 Å². The largest absolute Gasteiger partial charge is 0.301 e. The quantitative estimate of drug-likeness (QED) is 0.371. The van der Waals surface area contributed by atoms with Crippen LogP contribution in [0.4, 0.5) is 5.13 Å². The van der Waals surface area contributed by atoms with Gasteiger partial charge < -0.3 is 9.88 Å². The van der Waals surface area contributed by atoms with E-state index in [4.69, 9.17) is 0 Å². The number of thioether (sulfide) groups is 2. The molecule has 0 aliphatic carbocycles. The van der Waals surface area contributed by atoms with E-state index in [1.807, 2.05) is 29.9 Å². The van der Waals surface area contributed by atoms with Crippen LogP contribution in [0.1, 0.15) is 24.0 Å². The SMILES string of the molecule is C=CCn1c(CSc2ccc(C)cc2)nnc1SC(C)C(=O)Nc1nc(C)cs1. The molecule has 0 saturated heterocycles. The maximum Gasteiger partial charge on any atom is 0.239 e. The van der Waals surface area contributed by atoms with E-state index >= 15 is 0 Å². The average Bonchev–Trinajstić information content (AvgIpc) is 3.28. The first kappa shape index (κ1) is 21.6. The number of amides is 1. The number of thiazole rings is 1. The van der Waals surface area contributed by atoms with Crippen molar-refractivity contribution in [1.82, 2.24) is 19.7 Å². The number of aromatic nitrogens is 4. The molecule has 6 nitrogen and oxygen atoms in total. The van der Waals surface area contributed by atoms with Gasteiger partial charge in [0.1, 0.15) is 5.82 Å². The summed E-state index contributed by atoms with van der Waals surface area (Å²) in [5.41, 5.74) is 2.13. The fraction of sp³-hybridized carbons (Fsp3) is 0.300. The Morgan fingerprint density at radius 3 is 2.72 bits per heavy atom. The molecule has 2 aromatic heterocycles. The Morgan fingerprint density at radius 1 is 1.31 bits per heavy atom. The molecule has 0 aliphatic rings. The summed E-state index contributed by atoms with van der Waals surface area (Å²) in [6, 6.07) is 8.41. The average molecular weight is 446 g/mol. The minimum atomic E-state index is -0.329. The van der Waals surface area contributed by atoms with Gasteiger partial charge in [-0.15, -0.1) is 39.9 Å². The Labute approximate surface area is 183 Å². The molecule has 1 N–H and O–H groups in total. The van der Waals surface area contributed by atoms with Gasteiger partial charge in [-0.1, -0.05) is 35.5 Å². The summed E-state index contributed by atoms with van der Waals surface area (Å²) in [6.07, 6.45) is 1.82. The molecule has 0 saturated carbocycles. The molecule has 9 heteroatoms. The molecule has 29 heavy (non-hydrogen) atoms. The van der Waals surface area contributed by atoms with E-state index in [0.29, 0.717) is 22.6 Å². The van der Waals surface area contributed by atoms with E-state index in [1.54, 1.807) is 11.8 Å². The van der Waals surface area contributed by atoms with Crippen LogP contribution in [-0.4, -0.2) is 30.9 Å². The van der Waals surface area contributed by atoms with Crippen LogP contribution in [0.3, 0.4) is 0 Å². The predicted molar refractivity (Wildman–Crippen MR) is 122 cm³/mol. The van der Waals surface area contributed by atoms with Gasteiger partial charge in [0.05, 0.1) is 16.7 Å². The molecule has 152 valence electrons. The lowest BCUT2D eigenvalue weighted by molar-refractivity contribution is -0.115. The van der Waals surface area contributed by atoms with Gasteiger partial charge in [-0.2, -0.15) is 0 Å². The van der Waals surface area contributed by atoms with E-state index in [0.717, 1.165) is 11.5 Å². The molecule has 0 fully saturated rings. The maximum absolute atomic E-state index is 12.5. The first-order valence-corrected chi connectivity index (χ1v) is 11.8. The van der Waals surface area contributed by atoms with E-state index < -0.39 is 0 Å². The van der Waals surface area contributed by atoms with Crippen molar-refractivity contribution in [1.29, 1.82) is 0 Å². The van der Waals surface area contributed by atoms with E-state index in [-0.39, 0.29) is 11.2 Å². The number of benzene rings is 1. The monoisotopic (exact) mass is 445 g/mol. The number of allylic oxidation sites excluding steroid dienone is 1. The molecule has 1 unspecified atom stereocenters. The van der Waals surface area contributed by atoms with Crippen molar-refractivity contribution in [3.05, 3.63) is 59.4 Å². The van der Waals surface area contributed by atoms with Crippen molar-refractivity contribution in [2.45, 2.75) is 48.4 Å². The molecule has 0 radical (unpaired) electrons. The molecule has 3 rings (SSSR count). The second kappa shape index (κ2) is 10.1. The van der Waals surface area contributed by atoms with Crippen molar-refractivity contribution in [2.24, 2.45) is 0 Å². The number of rotatable bonds is 9. The van der Waals surface area contributed by atoms with E-state index in [2.05, 4.69) is 58.3 Å². The molecular weight excluding hydrogens is 422 g/mol. The second-order valence-electron chi connectivity index (χ2n) is 6.44. The molecule has 1 amide bonds. The van der Waals surface area contributed by atoms with Crippen LogP contribution in [0.25, 0.3) is 0 Å². The van der Waals surface area contributed by atoms with Crippen LogP contribution < -0.4 is 5.32 Å². The summed E-state index contributed by atoms with van der Waals surface area (Å²) in [5.74, 6) is 1.46. The summed E-state index contributed by atoms with van der Waals surface area (Å²) >= 11 is 4.52. The van der Waals surface area contributed by atoms with Gasteiger partial charge in [-0.25, -0.2) is 4.98 Å². The van der Waals surface area contributed by atoms with Crippen LogP contribution >= 0.6 is 34.9 Å². The zero-order chi connectivity index (χ0) is 20.8. The number of anilines is 1. The summed E-state index contributed by atoms with van der Waals surface area (Å²) in [7, 11) is 0. The number of carbonyl (C=O) groups excluding carboxylic acids is 1. The smallest absolute Gasteiger partial charge is 0.239 e. The topological polar surface area (TPSA) is 72.7 Å². The first-order valence-electron chi connectivity index (χ1n) is 9.08. The van der Waals surface area contributed by atoms with Gasteiger partial charge in [-0.3, -0.25) is 4.79 Å². The molecule has 0 aliphatic heterocycles. The van der Waals surface area contributed by atoms with Crippen LogP contribution in [-0.2, 0) is 17.1 Å². The Balaban J connectivity index is 1.66. The zero-order valence-electron chi connectivity index (χ0n) is 16.6. The molecule has 3 aromatic rings. The maximum atomic E-state index is 12.5. The van der Waals surface area contributed by atoms with Gasteiger partial charge in [0.2, 0.25) is 5.91 Å². The second-order valence-corrected chi connectivity index (χ2v) is 9.66. The number of nitrogens with zero attached hydrogens (tertiary/aromatic N) is 4. The number of hydrogen-bond acceptors (Lipinski definition) is 7. The Kier molecular flexibility index (Phi) is 7.51. The zero-order valence-corrected chi connectivity index (χ0v) is 19.0. The number of carbonyl (C=O) groups is 1. The third-order valence-corrected chi connectivity index (χ3v) is 6.96. The Morgan fingerprint density at radius 2 is 2.07 bits per heavy atom. The number of hydrogen-bond donors (Lipinski definition) is 1. The summed E-state index contributed by atoms with van der Waals surface area (Å²) < 4.78 is 2.01. The lowest BCUT2D eigenvalue weighted by Gasteiger charge is -2.12. The molecule has 2 heterocycles. The molecular formula is C20H23N5OS3. The van der Waals surface area contributed by atoms with Crippen LogP contribution in [0.2, 0.25) is 0 Å². The predicted octanol–water partition coefficient (Wildman–Crippen LogP) is 4.95. The molecule has 1 atom stereocenters. The third-order valence-electron chi connectivity index (χ3n) is 3.99. The van der Waals surface area contributed by atoms with Gasteiger partial charge >= 0.3 is 0 Å². The number of aryl methyl sites for hydroxylation is 2. The summed E-state index contributed by atoms with van der Waals surface area (Å²) in [4.78, 5) is 18.0. The summed E-state index contributed by atoms with van der Waals surface area (Å²) in [5, 5.41) is 14.4. The minimum Gasteiger partial charge on any atom is -0.301 e. The molecule has 0 bridgehead atoms. The van der Waals surface area contributed by atoms with Gasteiger partial charge in [-0.05, 0) is 32.9 Å². The fourth-order valence-electron chi connectivity index (χ4n) is 2.44. The minimum absolute atomic E-state index is 0.104. The molecule has 1 aromatic carbocycles. The van der Waals surface area contributed by atoms with Gasteiger partial charge in [0, 0.05) is 16.8 Å². The van der Waals surface area contributed by atoms with E-state index in [1.165, 1.54) is 33.6 Å². The van der Waals surface area contributed by atoms with Crippen LogP contribution in [0, 0.1) is 13.8 Å². The van der Waals surface area contributed by atoms with Crippen molar-refractivity contribution in [2.75, 3.05) is 5.32 Å². The lowest BCUT2D eigenvalue weighted by Crippen LogP contribution is -2.23. The lowest BCUT2D eigenvalue weighted by atomic mass is 10.2. The first-order chi connectivity index (χ1) is 14.0. The molecule has 0 spiro atoms. The Hall–Kier alpha value is -2.10. The third kappa shape index (κ3) is 5.94. The van der Waals surface area contributed by atoms with Crippen molar-refractivity contribution < 1.29 is 4.79 Å². The van der Waals surface area contributed by atoms with Crippen molar-refractivity contribution >= 4 is 45.9 Å². The highest BCUT2D eigenvalue weighted by Crippen LogP contribution is 2.27. The highest BCUT2D eigenvalue weighted by Gasteiger charge is 2.20. The Bertz CT molecular complexity index is 980. The number of nitrogens with one attached hydrogen (secondary N) is 1. The van der Waals surface area contributed by atoms with Gasteiger partial charge in [0.25, 0.3) is 0 Å². The normalized spacial score (nSPS) is 12.0. The fourth-order valence-corrected chi connectivity index (χ4v) is 4.84. The van der Waals surface area contributed by atoms with Gasteiger partial charge in [0.15, 0.2) is 10.3 Å². The van der Waals surface area contributed by atoms with Crippen LogP contribution in [0.15, 0.2) is 52.4 Å². The van der Waals surface area contributed by atoms with Crippen molar-refractivity contribution in [3.63, 3.8) is 0 Å². The van der Waals surface area contributed by atoms with E-state index in [9.17, 15) is 4.79 Å².